The highest BCUT2D eigenvalue weighted by Gasteiger charge is 2.26. The maximum Gasteiger partial charge on any atom is 0.168 e. The molecule has 1 saturated carbocycles. The highest BCUT2D eigenvalue weighted by molar-refractivity contribution is 9.10. The molecule has 4 nitrogen and oxygen atoms in total. The van der Waals surface area contributed by atoms with Crippen molar-refractivity contribution in [3.8, 4) is 27.6 Å². The lowest BCUT2D eigenvalue weighted by atomic mass is 9.86. The van der Waals surface area contributed by atoms with Crippen LogP contribution in [0.5, 0.6) is 0 Å². The van der Waals surface area contributed by atoms with E-state index in [0.29, 0.717) is 10.9 Å². The molecule has 29 heavy (non-hydrogen) atoms. The average Bonchev–Trinajstić information content (AvgIpc) is 3.26. The van der Waals surface area contributed by atoms with Gasteiger partial charge in [0, 0.05) is 21.5 Å². The molecule has 2 aromatic carbocycles. The Morgan fingerprint density at radius 3 is 2.52 bits per heavy atom. The van der Waals surface area contributed by atoms with Gasteiger partial charge in [-0.3, -0.25) is 0 Å². The molecule has 0 aliphatic heterocycles. The lowest BCUT2D eigenvalue weighted by Crippen LogP contribution is -2.07. The standard InChI is InChI=1S/C22H18BrClN4S/c1-13-19(22-26-25-21(29-22)15-5-4-6-15)27-28(18-8-3-2-7-17(18)24)20(13)14-9-11-16(23)12-10-14/h2-3,7-12,15H,4-6H2,1H3. The van der Waals surface area contributed by atoms with Crippen LogP contribution in [-0.2, 0) is 0 Å². The summed E-state index contributed by atoms with van der Waals surface area (Å²) in [5.74, 6) is 0.568. The Hall–Kier alpha value is -2.02. The van der Waals surface area contributed by atoms with Crippen LogP contribution >= 0.6 is 38.9 Å². The van der Waals surface area contributed by atoms with Gasteiger partial charge in [0.1, 0.15) is 10.7 Å². The Bertz CT molecular complexity index is 1180. The van der Waals surface area contributed by atoms with Crippen LogP contribution in [0.4, 0.5) is 0 Å². The van der Waals surface area contributed by atoms with E-state index >= 15 is 0 Å². The number of nitrogens with zero attached hydrogens (tertiary/aromatic N) is 4. The van der Waals surface area contributed by atoms with Gasteiger partial charge in [0.15, 0.2) is 5.01 Å². The van der Waals surface area contributed by atoms with Crippen LogP contribution in [0.3, 0.4) is 0 Å². The SMILES string of the molecule is Cc1c(-c2nnc(C3CCC3)s2)nn(-c2ccccc2Cl)c1-c1ccc(Br)cc1. The van der Waals surface area contributed by atoms with E-state index in [4.69, 9.17) is 16.7 Å². The fourth-order valence-electron chi connectivity index (χ4n) is 3.59. The van der Waals surface area contributed by atoms with E-state index in [1.807, 2.05) is 41.1 Å². The van der Waals surface area contributed by atoms with Crippen molar-refractivity contribution in [3.05, 3.63) is 68.6 Å². The molecule has 0 unspecified atom stereocenters. The van der Waals surface area contributed by atoms with Gasteiger partial charge in [0.25, 0.3) is 0 Å². The molecule has 7 heteroatoms. The zero-order valence-electron chi connectivity index (χ0n) is 15.8. The van der Waals surface area contributed by atoms with Crippen molar-refractivity contribution in [3.63, 3.8) is 0 Å². The first-order valence-electron chi connectivity index (χ1n) is 9.56. The Morgan fingerprint density at radius 2 is 1.83 bits per heavy atom. The molecule has 146 valence electrons. The van der Waals surface area contributed by atoms with E-state index in [1.165, 1.54) is 19.3 Å². The van der Waals surface area contributed by atoms with Crippen LogP contribution in [0.2, 0.25) is 5.02 Å². The third kappa shape index (κ3) is 3.43. The van der Waals surface area contributed by atoms with Crippen molar-refractivity contribution in [2.45, 2.75) is 32.1 Å². The van der Waals surface area contributed by atoms with Crippen LogP contribution in [0.15, 0.2) is 53.0 Å². The van der Waals surface area contributed by atoms with Crippen molar-refractivity contribution < 1.29 is 0 Å². The lowest BCUT2D eigenvalue weighted by molar-refractivity contribution is 0.416. The van der Waals surface area contributed by atoms with Crippen LogP contribution in [-0.4, -0.2) is 20.0 Å². The summed E-state index contributed by atoms with van der Waals surface area (Å²) in [6, 6.07) is 16.0. The topological polar surface area (TPSA) is 43.6 Å². The van der Waals surface area contributed by atoms with E-state index < -0.39 is 0 Å². The maximum absolute atomic E-state index is 6.53. The Kier molecular flexibility index (Phi) is 5.02. The second-order valence-electron chi connectivity index (χ2n) is 7.27. The van der Waals surface area contributed by atoms with Crippen molar-refractivity contribution in [2.24, 2.45) is 0 Å². The highest BCUT2D eigenvalue weighted by atomic mass is 79.9. The zero-order chi connectivity index (χ0) is 20.0. The molecule has 1 fully saturated rings. The molecule has 0 spiro atoms. The molecule has 0 atom stereocenters. The van der Waals surface area contributed by atoms with Crippen LogP contribution in [0.25, 0.3) is 27.6 Å². The zero-order valence-corrected chi connectivity index (χ0v) is 18.9. The average molecular weight is 486 g/mol. The van der Waals surface area contributed by atoms with Gasteiger partial charge in [-0.2, -0.15) is 5.10 Å². The van der Waals surface area contributed by atoms with E-state index in [0.717, 1.165) is 42.7 Å². The van der Waals surface area contributed by atoms with Crippen LogP contribution < -0.4 is 0 Å². The Labute approximate surface area is 186 Å². The Morgan fingerprint density at radius 1 is 1.07 bits per heavy atom. The quantitative estimate of drug-likeness (QED) is 0.311. The summed E-state index contributed by atoms with van der Waals surface area (Å²) in [7, 11) is 0. The van der Waals surface area contributed by atoms with Gasteiger partial charge in [-0.15, -0.1) is 10.2 Å². The van der Waals surface area contributed by atoms with E-state index in [-0.39, 0.29) is 0 Å². The second-order valence-corrected chi connectivity index (χ2v) is 9.60. The van der Waals surface area contributed by atoms with Gasteiger partial charge in [-0.05, 0) is 44.0 Å². The minimum atomic E-state index is 0.568. The van der Waals surface area contributed by atoms with Crippen LogP contribution in [0, 0.1) is 6.92 Å². The summed E-state index contributed by atoms with van der Waals surface area (Å²) < 4.78 is 2.97. The number of halogens is 2. The number of aromatic nitrogens is 4. The molecule has 0 saturated heterocycles. The molecular weight excluding hydrogens is 468 g/mol. The number of benzene rings is 2. The molecule has 0 N–H and O–H groups in total. The van der Waals surface area contributed by atoms with Crippen molar-refractivity contribution in [1.29, 1.82) is 0 Å². The van der Waals surface area contributed by atoms with Gasteiger partial charge in [0.05, 0.1) is 16.4 Å². The van der Waals surface area contributed by atoms with Gasteiger partial charge >= 0.3 is 0 Å². The van der Waals surface area contributed by atoms with Gasteiger partial charge < -0.3 is 0 Å². The number of hydrogen-bond acceptors (Lipinski definition) is 4. The normalized spacial score (nSPS) is 14.2. The number of rotatable bonds is 4. The lowest BCUT2D eigenvalue weighted by Gasteiger charge is -2.21. The molecule has 0 amide bonds. The molecule has 1 aliphatic carbocycles. The predicted molar refractivity (Wildman–Crippen MR) is 122 cm³/mol. The van der Waals surface area contributed by atoms with Crippen molar-refractivity contribution in [2.75, 3.05) is 0 Å². The second kappa shape index (κ2) is 7.67. The molecule has 5 rings (SSSR count). The maximum atomic E-state index is 6.53. The largest absolute Gasteiger partial charge is 0.231 e. The van der Waals surface area contributed by atoms with Gasteiger partial charge in [-0.25, -0.2) is 4.68 Å². The number of hydrogen-bond donors (Lipinski definition) is 0. The van der Waals surface area contributed by atoms with Crippen molar-refractivity contribution >= 4 is 38.9 Å². The van der Waals surface area contributed by atoms with Crippen LogP contribution in [0.1, 0.15) is 35.8 Å². The van der Waals surface area contributed by atoms with Gasteiger partial charge in [-0.1, -0.05) is 69.6 Å². The summed E-state index contributed by atoms with van der Waals surface area (Å²) in [4.78, 5) is 0. The molecule has 2 aromatic heterocycles. The number of para-hydroxylation sites is 1. The predicted octanol–water partition coefficient (Wildman–Crippen LogP) is 7.05. The third-order valence-electron chi connectivity index (χ3n) is 5.42. The fourth-order valence-corrected chi connectivity index (χ4v) is 5.13. The van der Waals surface area contributed by atoms with Crippen molar-refractivity contribution in [1.82, 2.24) is 20.0 Å². The van der Waals surface area contributed by atoms with Gasteiger partial charge in [0.2, 0.25) is 0 Å². The molecule has 1 aliphatic rings. The summed E-state index contributed by atoms with van der Waals surface area (Å²) in [6.07, 6.45) is 3.71. The van der Waals surface area contributed by atoms with E-state index in [1.54, 1.807) is 11.3 Å². The molecular formula is C22H18BrClN4S. The Balaban J connectivity index is 1.69. The highest BCUT2D eigenvalue weighted by Crippen LogP contribution is 2.41. The fraction of sp³-hybridized carbons (Fsp3) is 0.227. The minimum Gasteiger partial charge on any atom is -0.231 e. The summed E-state index contributed by atoms with van der Waals surface area (Å²) in [6.45, 7) is 2.09. The summed E-state index contributed by atoms with van der Waals surface area (Å²) in [5.41, 5.74) is 4.88. The molecule has 0 radical (unpaired) electrons. The molecule has 0 bridgehead atoms. The smallest absolute Gasteiger partial charge is 0.168 e. The summed E-state index contributed by atoms with van der Waals surface area (Å²) >= 11 is 11.7. The molecule has 2 heterocycles. The molecule has 4 aromatic rings. The first-order chi connectivity index (χ1) is 14.1. The van der Waals surface area contributed by atoms with E-state index in [9.17, 15) is 0 Å². The first-order valence-corrected chi connectivity index (χ1v) is 11.5. The monoisotopic (exact) mass is 484 g/mol. The summed E-state index contributed by atoms with van der Waals surface area (Å²) in [5, 5.41) is 16.5. The first kappa shape index (κ1) is 19.0. The third-order valence-corrected chi connectivity index (χ3v) is 7.36. The van der Waals surface area contributed by atoms with E-state index in [2.05, 4.69) is 45.2 Å². The minimum absolute atomic E-state index is 0.568.